The highest BCUT2D eigenvalue weighted by Gasteiger charge is 2.23. The molecule has 2 N–H and O–H groups in total. The highest BCUT2D eigenvalue weighted by Crippen LogP contribution is 2.24. The van der Waals surface area contributed by atoms with Crippen LogP contribution in [0.3, 0.4) is 0 Å². The van der Waals surface area contributed by atoms with Gasteiger partial charge in [-0.1, -0.05) is 24.3 Å². The number of carboxylic acid groups (broad SMARTS) is 1. The van der Waals surface area contributed by atoms with Gasteiger partial charge in [-0.2, -0.15) is 0 Å². The summed E-state index contributed by atoms with van der Waals surface area (Å²) in [5.41, 5.74) is 2.07. The van der Waals surface area contributed by atoms with Gasteiger partial charge >= 0.3 is 5.97 Å². The predicted molar refractivity (Wildman–Crippen MR) is 84.4 cm³/mol. The lowest BCUT2D eigenvalue weighted by Crippen LogP contribution is -2.39. The van der Waals surface area contributed by atoms with Gasteiger partial charge in [0.1, 0.15) is 0 Å². The molecule has 0 saturated heterocycles. The van der Waals surface area contributed by atoms with E-state index in [1.54, 1.807) is 0 Å². The summed E-state index contributed by atoms with van der Waals surface area (Å²) in [6.07, 6.45) is 4.98. The second kappa shape index (κ2) is 7.57. The van der Waals surface area contributed by atoms with E-state index in [1.165, 1.54) is 25.7 Å². The van der Waals surface area contributed by atoms with Gasteiger partial charge in [-0.25, -0.2) is 0 Å². The Morgan fingerprint density at radius 1 is 1.24 bits per heavy atom. The van der Waals surface area contributed by atoms with Crippen molar-refractivity contribution >= 4 is 5.97 Å². The zero-order chi connectivity index (χ0) is 15.2. The van der Waals surface area contributed by atoms with Crippen LogP contribution >= 0.6 is 0 Å². The predicted octanol–water partition coefficient (Wildman–Crippen LogP) is 2.28. The molecule has 0 unspecified atom stereocenters. The first-order chi connectivity index (χ1) is 10.1. The summed E-state index contributed by atoms with van der Waals surface area (Å²) in [4.78, 5) is 13.3. The molecule has 0 radical (unpaired) electrons. The minimum Gasteiger partial charge on any atom is -0.481 e. The van der Waals surface area contributed by atoms with Crippen LogP contribution in [0.4, 0.5) is 0 Å². The fourth-order valence-corrected chi connectivity index (χ4v) is 3.25. The fourth-order valence-electron chi connectivity index (χ4n) is 3.25. The van der Waals surface area contributed by atoms with E-state index in [4.69, 9.17) is 5.11 Å². The fraction of sp³-hybridized carbons (Fsp3) is 0.588. The molecule has 0 aromatic heterocycles. The topological polar surface area (TPSA) is 52.6 Å². The van der Waals surface area contributed by atoms with Gasteiger partial charge in [0.15, 0.2) is 0 Å². The van der Waals surface area contributed by atoms with Gasteiger partial charge in [0, 0.05) is 18.6 Å². The highest BCUT2D eigenvalue weighted by molar-refractivity contribution is 5.70. The quantitative estimate of drug-likeness (QED) is 0.844. The van der Waals surface area contributed by atoms with Crippen LogP contribution in [0.25, 0.3) is 0 Å². The third-order valence-electron chi connectivity index (χ3n) is 4.61. The smallest absolute Gasteiger partial charge is 0.307 e. The normalized spacial score (nSPS) is 22.4. The van der Waals surface area contributed by atoms with E-state index in [9.17, 15) is 4.79 Å². The molecule has 4 heteroatoms. The van der Waals surface area contributed by atoms with Crippen molar-refractivity contribution < 1.29 is 9.90 Å². The zero-order valence-electron chi connectivity index (χ0n) is 13.0. The van der Waals surface area contributed by atoms with Crippen molar-refractivity contribution in [3.05, 3.63) is 35.4 Å². The number of aliphatic carboxylic acids is 1. The minimum absolute atomic E-state index is 0.108. The number of carboxylic acids is 1. The summed E-state index contributed by atoms with van der Waals surface area (Å²) in [6, 6.07) is 9.15. The maximum atomic E-state index is 11.0. The number of rotatable bonds is 6. The van der Waals surface area contributed by atoms with Crippen molar-refractivity contribution in [1.29, 1.82) is 0 Å². The second-order valence-electron chi connectivity index (χ2n) is 6.05. The van der Waals surface area contributed by atoms with Crippen LogP contribution < -0.4 is 5.32 Å². The van der Waals surface area contributed by atoms with Crippen LogP contribution in [0.1, 0.15) is 36.8 Å². The summed E-state index contributed by atoms with van der Waals surface area (Å²) in [6.45, 7) is 0.832. The Kier molecular flexibility index (Phi) is 5.76. The van der Waals surface area contributed by atoms with Gasteiger partial charge < -0.3 is 10.4 Å². The molecule has 0 aliphatic heterocycles. The lowest BCUT2D eigenvalue weighted by Gasteiger charge is -2.35. The standard InChI is InChI=1S/C17H26N2O2/c1-18-15-7-9-16(10-8-15)19(2)12-14-6-4-3-5-13(14)11-17(20)21/h3-6,15-16,18H,7-12H2,1-2H3,(H,20,21). The van der Waals surface area contributed by atoms with Gasteiger partial charge in [-0.05, 0) is 50.9 Å². The SMILES string of the molecule is CNC1CCC(N(C)Cc2ccccc2CC(=O)O)CC1. The van der Waals surface area contributed by atoms with E-state index in [2.05, 4.69) is 17.3 Å². The first-order valence-corrected chi connectivity index (χ1v) is 7.76. The molecule has 1 aromatic carbocycles. The van der Waals surface area contributed by atoms with Crippen LogP contribution in [0.5, 0.6) is 0 Å². The van der Waals surface area contributed by atoms with E-state index in [0.29, 0.717) is 12.1 Å². The Hall–Kier alpha value is -1.39. The highest BCUT2D eigenvalue weighted by atomic mass is 16.4. The van der Waals surface area contributed by atoms with Crippen molar-refractivity contribution in [1.82, 2.24) is 10.2 Å². The van der Waals surface area contributed by atoms with Crippen LogP contribution in [0, 0.1) is 0 Å². The van der Waals surface area contributed by atoms with E-state index in [1.807, 2.05) is 31.3 Å². The third-order valence-corrected chi connectivity index (χ3v) is 4.61. The van der Waals surface area contributed by atoms with E-state index in [0.717, 1.165) is 17.7 Å². The Balaban J connectivity index is 1.96. The molecule has 0 atom stereocenters. The summed E-state index contributed by atoms with van der Waals surface area (Å²) in [5.74, 6) is -0.764. The van der Waals surface area contributed by atoms with Gasteiger partial charge in [-0.15, -0.1) is 0 Å². The number of nitrogens with one attached hydrogen (secondary N) is 1. The molecular formula is C17H26N2O2. The van der Waals surface area contributed by atoms with Crippen LogP contribution in [0.2, 0.25) is 0 Å². The van der Waals surface area contributed by atoms with Gasteiger partial charge in [-0.3, -0.25) is 9.69 Å². The molecule has 0 heterocycles. The molecule has 2 rings (SSSR count). The lowest BCUT2D eigenvalue weighted by molar-refractivity contribution is -0.136. The number of hydrogen-bond donors (Lipinski definition) is 2. The van der Waals surface area contributed by atoms with Crippen LogP contribution in [-0.2, 0) is 17.8 Å². The summed E-state index contributed by atoms with van der Waals surface area (Å²) >= 11 is 0. The van der Waals surface area contributed by atoms with Crippen molar-refractivity contribution in [3.8, 4) is 0 Å². The molecule has 116 valence electrons. The lowest BCUT2D eigenvalue weighted by atomic mass is 9.90. The Bertz CT molecular complexity index is 468. The molecule has 0 bridgehead atoms. The minimum atomic E-state index is -0.764. The first kappa shape index (κ1) is 16.0. The zero-order valence-corrected chi connectivity index (χ0v) is 13.0. The molecule has 21 heavy (non-hydrogen) atoms. The molecule has 1 aliphatic rings. The number of carbonyl (C=O) groups is 1. The van der Waals surface area contributed by atoms with Crippen LogP contribution in [0.15, 0.2) is 24.3 Å². The van der Waals surface area contributed by atoms with Crippen molar-refractivity contribution in [2.45, 2.75) is 50.7 Å². The first-order valence-electron chi connectivity index (χ1n) is 7.76. The van der Waals surface area contributed by atoms with Gasteiger partial charge in [0.2, 0.25) is 0 Å². The Morgan fingerprint density at radius 3 is 2.43 bits per heavy atom. The average molecular weight is 290 g/mol. The van der Waals surface area contributed by atoms with Gasteiger partial charge in [0.25, 0.3) is 0 Å². The largest absolute Gasteiger partial charge is 0.481 e. The van der Waals surface area contributed by atoms with E-state index >= 15 is 0 Å². The molecule has 0 spiro atoms. The summed E-state index contributed by atoms with van der Waals surface area (Å²) < 4.78 is 0. The third kappa shape index (κ3) is 4.55. The maximum Gasteiger partial charge on any atom is 0.307 e. The number of hydrogen-bond acceptors (Lipinski definition) is 3. The molecule has 4 nitrogen and oxygen atoms in total. The van der Waals surface area contributed by atoms with Crippen molar-refractivity contribution in [2.24, 2.45) is 0 Å². The average Bonchev–Trinajstić information content (AvgIpc) is 2.49. The van der Waals surface area contributed by atoms with E-state index < -0.39 is 5.97 Å². The molecular weight excluding hydrogens is 264 g/mol. The monoisotopic (exact) mass is 290 g/mol. The van der Waals surface area contributed by atoms with Crippen molar-refractivity contribution in [2.75, 3.05) is 14.1 Å². The molecule has 1 saturated carbocycles. The van der Waals surface area contributed by atoms with Crippen LogP contribution in [-0.4, -0.2) is 42.2 Å². The summed E-state index contributed by atoms with van der Waals surface area (Å²) in [7, 11) is 4.19. The Morgan fingerprint density at radius 2 is 1.86 bits per heavy atom. The molecule has 0 amide bonds. The number of nitrogens with zero attached hydrogens (tertiary/aromatic N) is 1. The molecule has 1 aliphatic carbocycles. The molecule has 1 fully saturated rings. The second-order valence-corrected chi connectivity index (χ2v) is 6.05. The summed E-state index contributed by atoms with van der Waals surface area (Å²) in [5, 5.41) is 12.4. The van der Waals surface area contributed by atoms with E-state index in [-0.39, 0.29) is 6.42 Å². The van der Waals surface area contributed by atoms with Crippen molar-refractivity contribution in [3.63, 3.8) is 0 Å². The van der Waals surface area contributed by atoms with Gasteiger partial charge in [0.05, 0.1) is 6.42 Å². The number of benzene rings is 1. The maximum absolute atomic E-state index is 11.0. The Labute approximate surface area is 127 Å². The molecule has 1 aromatic rings.